The minimum atomic E-state index is -0.561. The van der Waals surface area contributed by atoms with Crippen molar-refractivity contribution in [3.8, 4) is 51.7 Å². The van der Waals surface area contributed by atoms with Crippen LogP contribution in [0.3, 0.4) is 0 Å². The zero-order chi connectivity index (χ0) is 77.5. The third-order valence-corrected chi connectivity index (χ3v) is 19.2. The van der Waals surface area contributed by atoms with Crippen LogP contribution in [0.2, 0.25) is 0 Å². The van der Waals surface area contributed by atoms with Gasteiger partial charge >= 0.3 is 0 Å². The highest BCUT2D eigenvalue weighted by atomic mass is 16.7. The Labute approximate surface area is 672 Å². The number of benzene rings is 8. The van der Waals surface area contributed by atoms with E-state index in [1.165, 1.54) is 16.7 Å². The van der Waals surface area contributed by atoms with Gasteiger partial charge in [0.25, 0.3) is 0 Å². The summed E-state index contributed by atoms with van der Waals surface area (Å²) in [5.74, 6) is 5.49. The lowest BCUT2D eigenvalue weighted by Gasteiger charge is -2.30. The molecule has 626 valence electrons. The van der Waals surface area contributed by atoms with E-state index in [2.05, 4.69) is 111 Å². The Bertz CT molecular complexity index is 3880. The molecule has 8 rings (SSSR count). The second-order valence-corrected chi connectivity index (χ2v) is 27.2. The molecule has 8 aromatic carbocycles. The SMILES string of the molecule is C.C.C.C.C.C.CCC(C)c1ccc(OCCOc2c(COC)cc(C(C)(C)c3cc(COC)c(O)c(COC)c3)cc2COC)cc1.CCC(C)c1ccc(OCCOc2c(COC)cc(C)cc2Cc2cc(C)cc(COC)c2O)cc1.CCC(C)c1ccc(OCOc2c(CO)c(CO)c(O)c(CO)c2CO)cc1. The molecule has 0 bridgehead atoms. The molecule has 8 aromatic rings. The van der Waals surface area contributed by atoms with Crippen molar-refractivity contribution in [3.63, 3.8) is 0 Å². The van der Waals surface area contributed by atoms with E-state index < -0.39 is 31.8 Å². The maximum atomic E-state index is 10.9. The van der Waals surface area contributed by atoms with E-state index in [1.807, 2.05) is 79.7 Å². The highest BCUT2D eigenvalue weighted by molar-refractivity contribution is 5.59. The summed E-state index contributed by atoms with van der Waals surface area (Å²) in [6.45, 7) is 22.9. The van der Waals surface area contributed by atoms with Gasteiger partial charge in [0, 0.05) is 110 Å². The van der Waals surface area contributed by atoms with Crippen LogP contribution in [-0.4, -0.2) is 112 Å². The zero-order valence-electron chi connectivity index (χ0n) is 65.2. The number of ether oxygens (including phenoxy) is 12. The summed E-state index contributed by atoms with van der Waals surface area (Å²) < 4.78 is 68.4. The van der Waals surface area contributed by atoms with Crippen molar-refractivity contribution < 1.29 is 92.6 Å². The third kappa shape index (κ3) is 28.6. The van der Waals surface area contributed by atoms with Crippen LogP contribution < -0.4 is 28.4 Å². The van der Waals surface area contributed by atoms with Gasteiger partial charge < -0.3 is 92.6 Å². The van der Waals surface area contributed by atoms with E-state index in [4.69, 9.17) is 56.8 Å². The summed E-state index contributed by atoms with van der Waals surface area (Å²) in [5, 5.41) is 70.3. The van der Waals surface area contributed by atoms with E-state index in [9.17, 15) is 35.7 Å². The Morgan fingerprint density at radius 1 is 0.321 bits per heavy atom. The van der Waals surface area contributed by atoms with Crippen molar-refractivity contribution in [3.05, 3.63) is 227 Å². The predicted molar refractivity (Wildman–Crippen MR) is 454 cm³/mol. The molecule has 0 aliphatic rings. The van der Waals surface area contributed by atoms with Gasteiger partial charge in [-0.2, -0.15) is 0 Å². The van der Waals surface area contributed by atoms with Crippen molar-refractivity contribution in [1.29, 1.82) is 0 Å². The van der Waals surface area contributed by atoms with Crippen LogP contribution >= 0.6 is 0 Å². The normalized spacial score (nSPS) is 11.5. The lowest BCUT2D eigenvalue weighted by atomic mass is 9.76. The van der Waals surface area contributed by atoms with Crippen molar-refractivity contribution in [2.24, 2.45) is 0 Å². The minimum absolute atomic E-state index is 0. The molecular weight excluding hydrogens is 1420 g/mol. The van der Waals surface area contributed by atoms with Crippen LogP contribution in [0, 0.1) is 13.8 Å². The Balaban J connectivity index is 0.00000164. The molecule has 0 saturated carbocycles. The molecule has 0 radical (unpaired) electrons. The molecule has 0 spiro atoms. The second-order valence-electron chi connectivity index (χ2n) is 27.2. The van der Waals surface area contributed by atoms with Crippen molar-refractivity contribution in [1.82, 2.24) is 0 Å². The molecule has 3 unspecified atom stereocenters. The van der Waals surface area contributed by atoms with Gasteiger partial charge in [0.05, 0.1) is 66.1 Å². The summed E-state index contributed by atoms with van der Waals surface area (Å²) in [5.41, 5.74) is 15.0. The van der Waals surface area contributed by atoms with Crippen molar-refractivity contribution >= 4 is 0 Å². The van der Waals surface area contributed by atoms with Gasteiger partial charge in [-0.1, -0.05) is 172 Å². The first-order valence-corrected chi connectivity index (χ1v) is 36.3. The largest absolute Gasteiger partial charge is 0.507 e. The fraction of sp³-hybridized carbons (Fsp3) is 0.484. The number of rotatable bonds is 40. The maximum absolute atomic E-state index is 10.9. The summed E-state index contributed by atoms with van der Waals surface area (Å²) >= 11 is 0. The van der Waals surface area contributed by atoms with E-state index >= 15 is 0 Å². The number of phenolic OH excluding ortho intramolecular Hbond substituents is 2. The van der Waals surface area contributed by atoms with Crippen LogP contribution in [0.15, 0.2) is 121 Å². The van der Waals surface area contributed by atoms with E-state index in [0.717, 1.165) is 109 Å². The molecule has 0 amide bonds. The van der Waals surface area contributed by atoms with E-state index in [0.29, 0.717) is 96.0 Å². The van der Waals surface area contributed by atoms with E-state index in [-0.39, 0.29) is 96.6 Å². The number of phenols is 3. The van der Waals surface area contributed by atoms with Crippen molar-refractivity contribution in [2.75, 3.05) is 75.9 Å². The van der Waals surface area contributed by atoms with Gasteiger partial charge in [-0.05, 0) is 150 Å². The predicted octanol–water partition coefficient (Wildman–Crippen LogP) is 20.2. The second kappa shape index (κ2) is 52.8. The van der Waals surface area contributed by atoms with Gasteiger partial charge in [-0.15, -0.1) is 0 Å². The van der Waals surface area contributed by atoms with E-state index in [1.54, 1.807) is 42.7 Å². The molecule has 19 heteroatoms. The third-order valence-electron chi connectivity index (χ3n) is 19.2. The Kier molecular flexibility index (Phi) is 48.8. The van der Waals surface area contributed by atoms with Gasteiger partial charge in [0.2, 0.25) is 6.79 Å². The Hall–Kier alpha value is -8.44. The molecule has 0 heterocycles. The summed E-state index contributed by atoms with van der Waals surface area (Å²) in [4.78, 5) is 0. The van der Waals surface area contributed by atoms with Crippen LogP contribution in [0.25, 0.3) is 0 Å². The molecule has 112 heavy (non-hydrogen) atoms. The number of aliphatic hydroxyl groups is 4. The molecule has 0 saturated heterocycles. The molecular formula is C93H140O19. The van der Waals surface area contributed by atoms with Crippen LogP contribution in [0.5, 0.6) is 51.7 Å². The highest BCUT2D eigenvalue weighted by Crippen LogP contribution is 2.42. The van der Waals surface area contributed by atoms with Gasteiger partial charge in [-0.3, -0.25) is 0 Å². The fourth-order valence-electron chi connectivity index (χ4n) is 12.6. The summed E-state index contributed by atoms with van der Waals surface area (Å²) in [7, 11) is 9.91. The smallest absolute Gasteiger partial charge is 0.230 e. The zero-order valence-corrected chi connectivity index (χ0v) is 65.2. The summed E-state index contributed by atoms with van der Waals surface area (Å²) in [6, 6.07) is 40.7. The lowest BCUT2D eigenvalue weighted by Crippen LogP contribution is -2.21. The first-order chi connectivity index (χ1) is 51.1. The topological polar surface area (TPSA) is 252 Å². The van der Waals surface area contributed by atoms with Gasteiger partial charge in [0.15, 0.2) is 0 Å². The Morgan fingerprint density at radius 3 is 0.946 bits per heavy atom. The molecule has 0 aromatic heterocycles. The molecule has 0 fully saturated rings. The number of methoxy groups -OCH3 is 6. The number of hydrogen-bond acceptors (Lipinski definition) is 19. The lowest BCUT2D eigenvalue weighted by molar-refractivity contribution is 0.112. The fourth-order valence-corrected chi connectivity index (χ4v) is 12.6. The monoisotopic (exact) mass is 1560 g/mol. The highest BCUT2D eigenvalue weighted by Gasteiger charge is 2.29. The number of aliphatic hydroxyl groups excluding tert-OH is 4. The average molecular weight is 1560 g/mol. The Morgan fingerprint density at radius 2 is 0.598 bits per heavy atom. The van der Waals surface area contributed by atoms with Crippen molar-refractivity contribution in [2.45, 2.75) is 229 Å². The molecule has 0 aliphatic heterocycles. The standard InChI is InChI=1S/C35H48O7.C31H40O5.C21H28O7.6CH4/c1-9-24(2)25-10-12-32(13-11-25)41-14-15-42-34-28(22-39-7)18-31(19-29(34)23-40-8)35(3,4)30-16-26(20-37-5)33(36)27(17-30)21-38-6;1-7-23(4)24-8-10-29(11-9-24)35-12-13-36-31-26(15-22(3)17-28(31)20-34-6)18-25-14-21(2)16-27(19-33-5)30(25)32;1-3-13(2)14-4-6-15(7-5-14)27-12-28-21-18(10-24)16(8-22)20(26)17(9-23)19(21)11-25;;;;;;/h10-13,16-19,24,36H,9,14-15,20-23H2,1-8H3;8-11,14-17,23,32H,7,12-13,18-20H2,1-6H3;4-7,13,22-26H,3,8-12H2,1-2H3;6*1H4. The first-order valence-electron chi connectivity index (χ1n) is 36.3. The average Bonchev–Trinajstić information content (AvgIpc) is 0.784. The minimum Gasteiger partial charge on any atom is -0.507 e. The van der Waals surface area contributed by atoms with Crippen LogP contribution in [-0.2, 0) is 106 Å². The van der Waals surface area contributed by atoms with Gasteiger partial charge in [0.1, 0.15) is 78.2 Å². The maximum Gasteiger partial charge on any atom is 0.230 e. The molecule has 7 N–H and O–H groups in total. The molecule has 0 aliphatic carbocycles. The van der Waals surface area contributed by atoms with Gasteiger partial charge in [-0.25, -0.2) is 0 Å². The number of hydrogen-bond donors (Lipinski definition) is 7. The van der Waals surface area contributed by atoms with Crippen LogP contribution in [0.4, 0.5) is 0 Å². The molecule has 19 nitrogen and oxygen atoms in total. The number of aryl methyl sites for hydroxylation is 2. The summed E-state index contributed by atoms with van der Waals surface area (Å²) in [6.07, 6.45) is 3.80. The number of aromatic hydroxyl groups is 3. The van der Waals surface area contributed by atoms with Crippen LogP contribution in [0.1, 0.15) is 243 Å². The first kappa shape index (κ1) is 104. The molecule has 3 atom stereocenters. The quantitative estimate of drug-likeness (QED) is 0.0139.